The minimum absolute atomic E-state index is 0.0232. The van der Waals surface area contributed by atoms with Gasteiger partial charge >= 0.3 is 6.03 Å². The van der Waals surface area contributed by atoms with Crippen molar-refractivity contribution in [3.05, 3.63) is 65.2 Å². The number of nitrogens with zero attached hydrogens (tertiary/aromatic N) is 4. The minimum Gasteiger partial charge on any atom is -0.307 e. The summed E-state index contributed by atoms with van der Waals surface area (Å²) in [5, 5.41) is 17.1. The molecule has 0 saturated carbocycles. The molecule has 2 aromatic carbocycles. The Morgan fingerprint density at radius 3 is 2.64 bits per heavy atom. The van der Waals surface area contributed by atoms with Gasteiger partial charge in [0, 0.05) is 5.69 Å². The molecule has 0 aliphatic carbocycles. The van der Waals surface area contributed by atoms with Crippen LogP contribution >= 0.6 is 11.8 Å². The summed E-state index contributed by atoms with van der Waals surface area (Å²) in [4.78, 5) is 24.1. The molecule has 0 aliphatic rings. The Morgan fingerprint density at radius 2 is 1.86 bits per heavy atom. The number of imide groups is 1. The summed E-state index contributed by atoms with van der Waals surface area (Å²) in [5.74, 6) is -0.405. The molecule has 9 heteroatoms. The SMILES string of the molecule is Cc1cccc(NC(=O)NC(=O)CSc2nnnn2Cc2ccccc2)c1C. The average molecular weight is 396 g/mol. The van der Waals surface area contributed by atoms with Crippen molar-refractivity contribution in [1.29, 1.82) is 0 Å². The number of amides is 3. The number of aryl methyl sites for hydroxylation is 1. The fraction of sp³-hybridized carbons (Fsp3) is 0.211. The maximum Gasteiger partial charge on any atom is 0.325 e. The smallest absolute Gasteiger partial charge is 0.307 e. The van der Waals surface area contributed by atoms with E-state index in [1.165, 1.54) is 11.8 Å². The van der Waals surface area contributed by atoms with E-state index in [-0.39, 0.29) is 5.75 Å². The van der Waals surface area contributed by atoms with Crippen LogP contribution in [-0.4, -0.2) is 37.9 Å². The molecule has 0 bridgehead atoms. The average Bonchev–Trinajstić information content (AvgIpc) is 3.11. The minimum atomic E-state index is -0.567. The van der Waals surface area contributed by atoms with Gasteiger partial charge in [-0.3, -0.25) is 10.1 Å². The molecule has 0 unspecified atom stereocenters. The highest BCUT2D eigenvalue weighted by atomic mass is 32.2. The summed E-state index contributed by atoms with van der Waals surface area (Å²) in [6, 6.07) is 14.8. The van der Waals surface area contributed by atoms with E-state index < -0.39 is 11.9 Å². The highest BCUT2D eigenvalue weighted by Gasteiger charge is 2.13. The van der Waals surface area contributed by atoms with Gasteiger partial charge in [0.15, 0.2) is 0 Å². The van der Waals surface area contributed by atoms with Gasteiger partial charge < -0.3 is 5.32 Å². The van der Waals surface area contributed by atoms with Crippen molar-refractivity contribution in [2.24, 2.45) is 0 Å². The number of carbonyl (C=O) groups is 2. The molecule has 1 aromatic heterocycles. The van der Waals surface area contributed by atoms with Gasteiger partial charge in [0.1, 0.15) is 0 Å². The van der Waals surface area contributed by atoms with Crippen LogP contribution in [0.2, 0.25) is 0 Å². The zero-order valence-electron chi connectivity index (χ0n) is 15.5. The third-order valence-corrected chi connectivity index (χ3v) is 5.07. The molecular weight excluding hydrogens is 376 g/mol. The van der Waals surface area contributed by atoms with Crippen molar-refractivity contribution in [2.45, 2.75) is 25.5 Å². The van der Waals surface area contributed by atoms with Crippen molar-refractivity contribution in [3.8, 4) is 0 Å². The van der Waals surface area contributed by atoms with E-state index in [0.717, 1.165) is 16.7 Å². The van der Waals surface area contributed by atoms with Crippen LogP contribution in [0.4, 0.5) is 10.5 Å². The number of anilines is 1. The van der Waals surface area contributed by atoms with E-state index in [4.69, 9.17) is 0 Å². The molecule has 2 N–H and O–H groups in total. The lowest BCUT2D eigenvalue weighted by atomic mass is 10.1. The third-order valence-electron chi connectivity index (χ3n) is 4.11. The summed E-state index contributed by atoms with van der Waals surface area (Å²) < 4.78 is 1.61. The quantitative estimate of drug-likeness (QED) is 0.621. The van der Waals surface area contributed by atoms with E-state index in [2.05, 4.69) is 26.2 Å². The van der Waals surface area contributed by atoms with Gasteiger partial charge in [-0.05, 0) is 47.0 Å². The van der Waals surface area contributed by atoms with Crippen LogP contribution in [-0.2, 0) is 11.3 Å². The number of tetrazole rings is 1. The Labute approximate surface area is 166 Å². The van der Waals surface area contributed by atoms with E-state index in [9.17, 15) is 9.59 Å². The molecule has 8 nitrogen and oxygen atoms in total. The van der Waals surface area contributed by atoms with Crippen LogP contribution in [0.25, 0.3) is 0 Å². The van der Waals surface area contributed by atoms with Crippen molar-refractivity contribution in [2.75, 3.05) is 11.1 Å². The van der Waals surface area contributed by atoms with E-state index in [1.54, 1.807) is 10.7 Å². The molecule has 0 fully saturated rings. The fourth-order valence-corrected chi connectivity index (χ4v) is 3.16. The molecule has 144 valence electrons. The molecule has 3 aromatic rings. The molecule has 3 amide bonds. The summed E-state index contributed by atoms with van der Waals surface area (Å²) in [6.45, 7) is 4.37. The monoisotopic (exact) mass is 396 g/mol. The van der Waals surface area contributed by atoms with Gasteiger partial charge in [0.05, 0.1) is 12.3 Å². The number of aromatic nitrogens is 4. The Bertz CT molecular complexity index is 974. The number of rotatable bonds is 6. The normalized spacial score (nSPS) is 10.5. The highest BCUT2D eigenvalue weighted by molar-refractivity contribution is 7.99. The molecular formula is C19H20N6O2S. The Kier molecular flexibility index (Phi) is 6.38. The van der Waals surface area contributed by atoms with Crippen molar-refractivity contribution in [3.63, 3.8) is 0 Å². The zero-order chi connectivity index (χ0) is 19.9. The first-order valence-corrected chi connectivity index (χ1v) is 9.61. The Hall–Kier alpha value is -3.20. The van der Waals surface area contributed by atoms with Crippen LogP contribution in [0.15, 0.2) is 53.7 Å². The number of thioether (sulfide) groups is 1. The summed E-state index contributed by atoms with van der Waals surface area (Å²) >= 11 is 1.17. The largest absolute Gasteiger partial charge is 0.325 e. The van der Waals surface area contributed by atoms with Gasteiger partial charge in [0.25, 0.3) is 0 Å². The summed E-state index contributed by atoms with van der Waals surface area (Å²) in [6.07, 6.45) is 0. The maximum absolute atomic E-state index is 12.1. The second-order valence-corrected chi connectivity index (χ2v) is 7.09. The number of urea groups is 1. The predicted octanol–water partition coefficient (Wildman–Crippen LogP) is 2.78. The fourth-order valence-electron chi connectivity index (χ4n) is 2.49. The van der Waals surface area contributed by atoms with Gasteiger partial charge in [-0.25, -0.2) is 9.48 Å². The molecule has 0 atom stereocenters. The van der Waals surface area contributed by atoms with Gasteiger partial charge in [-0.2, -0.15) is 0 Å². The predicted molar refractivity (Wildman–Crippen MR) is 107 cm³/mol. The van der Waals surface area contributed by atoms with E-state index >= 15 is 0 Å². The van der Waals surface area contributed by atoms with Crippen molar-refractivity contribution in [1.82, 2.24) is 25.5 Å². The van der Waals surface area contributed by atoms with Crippen LogP contribution in [0.5, 0.6) is 0 Å². The van der Waals surface area contributed by atoms with Gasteiger partial charge in [-0.1, -0.05) is 54.2 Å². The first kappa shape index (κ1) is 19.6. The standard InChI is InChI=1S/C19H20N6O2S/c1-13-7-6-10-16(14(13)2)20-18(27)21-17(26)12-28-19-22-23-24-25(19)11-15-8-4-3-5-9-15/h3-10H,11-12H2,1-2H3,(H2,20,21,26,27). The van der Waals surface area contributed by atoms with Crippen LogP contribution in [0.1, 0.15) is 16.7 Å². The van der Waals surface area contributed by atoms with Crippen LogP contribution < -0.4 is 10.6 Å². The number of benzene rings is 2. The number of hydrogen-bond donors (Lipinski definition) is 2. The number of nitrogens with one attached hydrogen (secondary N) is 2. The van der Waals surface area contributed by atoms with Gasteiger partial charge in [-0.15, -0.1) is 5.10 Å². The number of hydrogen-bond acceptors (Lipinski definition) is 6. The lowest BCUT2D eigenvalue weighted by Crippen LogP contribution is -2.35. The maximum atomic E-state index is 12.1. The van der Waals surface area contributed by atoms with Crippen LogP contribution in [0.3, 0.4) is 0 Å². The highest BCUT2D eigenvalue weighted by Crippen LogP contribution is 2.18. The lowest BCUT2D eigenvalue weighted by Gasteiger charge is -2.10. The van der Waals surface area contributed by atoms with Crippen LogP contribution in [0, 0.1) is 13.8 Å². The molecule has 0 saturated heterocycles. The second kappa shape index (κ2) is 9.14. The molecule has 0 spiro atoms. The molecule has 3 rings (SSSR count). The van der Waals surface area contributed by atoms with Gasteiger partial charge in [0.2, 0.25) is 11.1 Å². The zero-order valence-corrected chi connectivity index (χ0v) is 16.4. The summed E-state index contributed by atoms with van der Waals surface area (Å²) in [7, 11) is 0. The number of carbonyl (C=O) groups excluding carboxylic acids is 2. The van der Waals surface area contributed by atoms with Crippen molar-refractivity contribution < 1.29 is 9.59 Å². The van der Waals surface area contributed by atoms with E-state index in [1.807, 2.05) is 56.3 Å². The summed E-state index contributed by atoms with van der Waals surface area (Å²) in [5.41, 5.74) is 3.74. The first-order valence-electron chi connectivity index (χ1n) is 8.63. The molecule has 0 aliphatic heterocycles. The van der Waals surface area contributed by atoms with Crippen molar-refractivity contribution >= 4 is 29.4 Å². The molecule has 28 heavy (non-hydrogen) atoms. The van der Waals surface area contributed by atoms with E-state index in [0.29, 0.717) is 17.4 Å². The Morgan fingerprint density at radius 1 is 1.07 bits per heavy atom. The first-order chi connectivity index (χ1) is 13.5. The topological polar surface area (TPSA) is 102 Å². The molecule has 1 heterocycles. The molecule has 0 radical (unpaired) electrons. The second-order valence-electron chi connectivity index (χ2n) is 6.14. The third kappa shape index (κ3) is 5.17. The Balaban J connectivity index is 1.51. The lowest BCUT2D eigenvalue weighted by molar-refractivity contribution is -0.117.